The zero-order valence-electron chi connectivity index (χ0n) is 8.34. The zero-order valence-corrected chi connectivity index (χ0v) is 9.92. The van der Waals surface area contributed by atoms with Gasteiger partial charge in [0.05, 0.1) is 17.1 Å². The summed E-state index contributed by atoms with van der Waals surface area (Å²) in [5.74, 6) is -0.725. The van der Waals surface area contributed by atoms with Crippen LogP contribution in [0.15, 0.2) is 10.7 Å². The molecule has 0 saturated heterocycles. The highest BCUT2D eigenvalue weighted by Crippen LogP contribution is 2.30. The number of carbonyl (C=O) groups is 1. The number of halogens is 3. The Labute approximate surface area is 98.9 Å². The van der Waals surface area contributed by atoms with Crippen LogP contribution in [-0.4, -0.2) is 18.1 Å². The molecule has 0 bridgehead atoms. The van der Waals surface area contributed by atoms with Gasteiger partial charge in [0.2, 0.25) is 0 Å². The number of carbonyl (C=O) groups excluding carboxylic acids is 1. The van der Waals surface area contributed by atoms with Gasteiger partial charge in [0.25, 0.3) is 6.43 Å². The zero-order chi connectivity index (χ0) is 12.3. The van der Waals surface area contributed by atoms with Crippen LogP contribution in [0.3, 0.4) is 0 Å². The molecule has 0 radical (unpaired) electrons. The number of esters is 1. The molecule has 1 aromatic rings. The van der Waals surface area contributed by atoms with Crippen molar-refractivity contribution >= 4 is 21.9 Å². The summed E-state index contributed by atoms with van der Waals surface area (Å²) in [5, 5.41) is 0. The molecule has 7 heteroatoms. The summed E-state index contributed by atoms with van der Waals surface area (Å²) in [7, 11) is 1.16. The van der Waals surface area contributed by atoms with Crippen LogP contribution in [0.1, 0.15) is 28.0 Å². The first-order valence-electron chi connectivity index (χ1n) is 4.26. The largest absolute Gasteiger partial charge is 0.465 e. The van der Waals surface area contributed by atoms with E-state index in [9.17, 15) is 13.6 Å². The molecule has 0 saturated carbocycles. The number of hydrogen-bond acceptors (Lipinski definition) is 4. The van der Waals surface area contributed by atoms with Crippen molar-refractivity contribution < 1.29 is 18.3 Å². The lowest BCUT2D eigenvalue weighted by molar-refractivity contribution is 0.0597. The van der Waals surface area contributed by atoms with Gasteiger partial charge in [0.15, 0.2) is 0 Å². The van der Waals surface area contributed by atoms with Gasteiger partial charge in [0.1, 0.15) is 5.69 Å². The highest BCUT2D eigenvalue weighted by molar-refractivity contribution is 9.10. The summed E-state index contributed by atoms with van der Waals surface area (Å²) >= 11 is 2.92. The van der Waals surface area contributed by atoms with Crippen molar-refractivity contribution in [3.05, 3.63) is 27.5 Å². The van der Waals surface area contributed by atoms with Gasteiger partial charge in [-0.2, -0.15) is 0 Å². The standard InChI is InChI=1S/C9H9BrF2N2O2/c1-16-9(15)5-4(2-13)3-14-7(6(5)10)8(11)12/h3,8H,2,13H2,1H3. The average molecular weight is 295 g/mol. The van der Waals surface area contributed by atoms with Crippen molar-refractivity contribution in [2.24, 2.45) is 5.73 Å². The molecule has 2 N–H and O–H groups in total. The Kier molecular flexibility index (Phi) is 4.31. The molecule has 1 aromatic heterocycles. The maximum Gasteiger partial charge on any atom is 0.339 e. The lowest BCUT2D eigenvalue weighted by Crippen LogP contribution is -2.12. The average Bonchev–Trinajstić information content (AvgIpc) is 2.26. The second-order valence-electron chi connectivity index (χ2n) is 2.85. The summed E-state index contributed by atoms with van der Waals surface area (Å²) in [6.45, 7) is 0.0134. The Hall–Kier alpha value is -1.08. The van der Waals surface area contributed by atoms with E-state index in [1.54, 1.807) is 0 Å². The summed E-state index contributed by atoms with van der Waals surface area (Å²) in [6.07, 6.45) is -1.62. The summed E-state index contributed by atoms with van der Waals surface area (Å²) in [5.41, 5.74) is 5.23. The highest BCUT2D eigenvalue weighted by Gasteiger charge is 2.23. The monoisotopic (exact) mass is 294 g/mol. The molecule has 0 aliphatic rings. The van der Waals surface area contributed by atoms with Crippen LogP contribution in [0.25, 0.3) is 0 Å². The van der Waals surface area contributed by atoms with E-state index in [0.717, 1.165) is 13.3 Å². The summed E-state index contributed by atoms with van der Waals surface area (Å²) < 4.78 is 29.5. The van der Waals surface area contributed by atoms with Crippen LogP contribution in [0.5, 0.6) is 0 Å². The van der Waals surface area contributed by atoms with Gasteiger partial charge in [-0.15, -0.1) is 0 Å². The topological polar surface area (TPSA) is 65.2 Å². The Morgan fingerprint density at radius 1 is 1.69 bits per heavy atom. The van der Waals surface area contributed by atoms with Gasteiger partial charge >= 0.3 is 5.97 Å². The van der Waals surface area contributed by atoms with E-state index in [4.69, 9.17) is 5.73 Å². The number of nitrogens with zero attached hydrogens (tertiary/aromatic N) is 1. The molecule has 0 unspecified atom stereocenters. The van der Waals surface area contributed by atoms with E-state index in [1.165, 1.54) is 0 Å². The number of pyridine rings is 1. The minimum Gasteiger partial charge on any atom is -0.465 e. The predicted molar refractivity (Wildman–Crippen MR) is 56.1 cm³/mol. The molecule has 0 spiro atoms. The minimum atomic E-state index is -2.77. The van der Waals surface area contributed by atoms with Crippen LogP contribution >= 0.6 is 15.9 Å². The quantitative estimate of drug-likeness (QED) is 0.866. The number of alkyl halides is 2. The highest BCUT2D eigenvalue weighted by atomic mass is 79.9. The minimum absolute atomic E-state index is 0.00435. The van der Waals surface area contributed by atoms with Crippen LogP contribution in [0.2, 0.25) is 0 Å². The third-order valence-electron chi connectivity index (χ3n) is 1.94. The number of methoxy groups -OCH3 is 1. The molecule has 0 amide bonds. The van der Waals surface area contributed by atoms with Crippen molar-refractivity contribution in [1.82, 2.24) is 4.98 Å². The second kappa shape index (κ2) is 5.31. The molecule has 0 aromatic carbocycles. The first kappa shape index (κ1) is 13.0. The molecule has 1 rings (SSSR count). The smallest absolute Gasteiger partial charge is 0.339 e. The van der Waals surface area contributed by atoms with Gasteiger partial charge in [0, 0.05) is 12.7 Å². The molecule has 0 fully saturated rings. The first-order valence-corrected chi connectivity index (χ1v) is 5.06. The molecular weight excluding hydrogens is 286 g/mol. The maximum absolute atomic E-state index is 12.5. The lowest BCUT2D eigenvalue weighted by Gasteiger charge is -2.11. The molecule has 88 valence electrons. The maximum atomic E-state index is 12.5. The molecular formula is C9H9BrF2N2O2. The molecule has 0 atom stereocenters. The van der Waals surface area contributed by atoms with Gasteiger partial charge in [-0.25, -0.2) is 13.6 Å². The fraction of sp³-hybridized carbons (Fsp3) is 0.333. The fourth-order valence-corrected chi connectivity index (χ4v) is 1.86. The Balaban J connectivity index is 3.40. The Morgan fingerprint density at radius 2 is 2.31 bits per heavy atom. The molecule has 0 aliphatic heterocycles. The first-order chi connectivity index (χ1) is 7.52. The third kappa shape index (κ3) is 2.35. The van der Waals surface area contributed by atoms with Crippen molar-refractivity contribution in [3.8, 4) is 0 Å². The van der Waals surface area contributed by atoms with Crippen molar-refractivity contribution in [2.75, 3.05) is 7.11 Å². The Bertz CT molecular complexity index is 413. The van der Waals surface area contributed by atoms with Crippen molar-refractivity contribution in [3.63, 3.8) is 0 Å². The summed E-state index contributed by atoms with van der Waals surface area (Å²) in [4.78, 5) is 14.9. The van der Waals surface area contributed by atoms with Gasteiger partial charge < -0.3 is 10.5 Å². The van der Waals surface area contributed by atoms with E-state index >= 15 is 0 Å². The fourth-order valence-electron chi connectivity index (χ4n) is 1.17. The van der Waals surface area contributed by atoms with Gasteiger partial charge in [-0.05, 0) is 21.5 Å². The van der Waals surface area contributed by atoms with Gasteiger partial charge in [-0.3, -0.25) is 4.98 Å². The van der Waals surface area contributed by atoms with E-state index in [0.29, 0.717) is 5.56 Å². The second-order valence-corrected chi connectivity index (χ2v) is 3.65. The lowest BCUT2D eigenvalue weighted by atomic mass is 10.1. The normalized spacial score (nSPS) is 10.6. The number of rotatable bonds is 3. The van der Waals surface area contributed by atoms with E-state index in [2.05, 4.69) is 25.7 Å². The van der Waals surface area contributed by atoms with Crippen LogP contribution in [0.4, 0.5) is 8.78 Å². The number of nitrogens with two attached hydrogens (primary N) is 1. The molecule has 4 nitrogen and oxygen atoms in total. The SMILES string of the molecule is COC(=O)c1c(CN)cnc(C(F)F)c1Br. The van der Waals surface area contributed by atoms with E-state index in [-0.39, 0.29) is 16.6 Å². The summed E-state index contributed by atoms with van der Waals surface area (Å²) in [6, 6.07) is 0. The van der Waals surface area contributed by atoms with Crippen molar-refractivity contribution in [2.45, 2.75) is 13.0 Å². The molecule has 1 heterocycles. The molecule has 0 aliphatic carbocycles. The van der Waals surface area contributed by atoms with E-state index in [1.807, 2.05) is 0 Å². The van der Waals surface area contributed by atoms with Crippen LogP contribution < -0.4 is 5.73 Å². The Morgan fingerprint density at radius 3 is 2.75 bits per heavy atom. The van der Waals surface area contributed by atoms with Gasteiger partial charge in [-0.1, -0.05) is 0 Å². The van der Waals surface area contributed by atoms with Crippen molar-refractivity contribution in [1.29, 1.82) is 0 Å². The molecule has 16 heavy (non-hydrogen) atoms. The number of ether oxygens (including phenoxy) is 1. The number of aromatic nitrogens is 1. The third-order valence-corrected chi connectivity index (χ3v) is 2.74. The van der Waals surface area contributed by atoms with Crippen LogP contribution in [0, 0.1) is 0 Å². The number of hydrogen-bond donors (Lipinski definition) is 1. The van der Waals surface area contributed by atoms with Crippen LogP contribution in [-0.2, 0) is 11.3 Å². The van der Waals surface area contributed by atoms with E-state index < -0.39 is 18.1 Å². The predicted octanol–water partition coefficient (Wildman–Crippen LogP) is 2.03.